The molecule has 2 rings (SSSR count). The third-order valence-corrected chi connectivity index (χ3v) is 3.84. The van der Waals surface area contributed by atoms with Crippen molar-refractivity contribution in [1.82, 2.24) is 14.5 Å². The zero-order valence-corrected chi connectivity index (χ0v) is 14.9. The Bertz CT molecular complexity index is 740. The standard InChI is InChI=1S/C18H26N4O2/c1-5-7-9-19-18-20-11-13(8-6-2)16(21-18)14-10-15(24-4)17(23)22(3)12-14/h10-12H,5-9H2,1-4H3,(H,19,20,21). The lowest BCUT2D eigenvalue weighted by atomic mass is 10.1. The number of hydrogen-bond donors (Lipinski definition) is 1. The SMILES string of the molecule is CCCCNc1ncc(CCC)c(-c2cc(OC)c(=O)n(C)c2)n1. The van der Waals surface area contributed by atoms with Crippen molar-refractivity contribution >= 4 is 5.95 Å². The molecule has 0 unspecified atom stereocenters. The van der Waals surface area contributed by atoms with Crippen LogP contribution >= 0.6 is 0 Å². The second-order valence-electron chi connectivity index (χ2n) is 5.81. The third kappa shape index (κ3) is 4.13. The van der Waals surface area contributed by atoms with Crippen LogP contribution in [0.1, 0.15) is 38.7 Å². The normalized spacial score (nSPS) is 10.7. The number of anilines is 1. The minimum Gasteiger partial charge on any atom is -0.491 e. The van der Waals surface area contributed by atoms with E-state index in [1.165, 1.54) is 11.7 Å². The molecular formula is C18H26N4O2. The van der Waals surface area contributed by atoms with Crippen LogP contribution < -0.4 is 15.6 Å². The summed E-state index contributed by atoms with van der Waals surface area (Å²) in [4.78, 5) is 21.1. The van der Waals surface area contributed by atoms with Crippen LogP contribution in [0.15, 0.2) is 23.3 Å². The summed E-state index contributed by atoms with van der Waals surface area (Å²) in [6.07, 6.45) is 7.74. The second kappa shape index (κ2) is 8.47. The molecular weight excluding hydrogens is 304 g/mol. The van der Waals surface area contributed by atoms with Gasteiger partial charge in [0.25, 0.3) is 5.56 Å². The highest BCUT2D eigenvalue weighted by atomic mass is 16.5. The van der Waals surface area contributed by atoms with Crippen LogP contribution in [0.2, 0.25) is 0 Å². The van der Waals surface area contributed by atoms with Crippen LogP contribution in [-0.2, 0) is 13.5 Å². The van der Waals surface area contributed by atoms with Gasteiger partial charge in [-0.2, -0.15) is 0 Å². The summed E-state index contributed by atoms with van der Waals surface area (Å²) in [7, 11) is 3.22. The van der Waals surface area contributed by atoms with Gasteiger partial charge in [-0.05, 0) is 24.5 Å². The van der Waals surface area contributed by atoms with Crippen molar-refractivity contribution in [2.45, 2.75) is 39.5 Å². The van der Waals surface area contributed by atoms with Gasteiger partial charge in [-0.25, -0.2) is 9.97 Å². The maximum absolute atomic E-state index is 12.0. The molecule has 0 saturated heterocycles. The van der Waals surface area contributed by atoms with E-state index >= 15 is 0 Å². The number of pyridine rings is 1. The molecule has 2 aromatic rings. The van der Waals surface area contributed by atoms with Gasteiger partial charge in [-0.15, -0.1) is 0 Å². The fourth-order valence-corrected chi connectivity index (χ4v) is 2.53. The number of aromatic nitrogens is 3. The van der Waals surface area contributed by atoms with Crippen LogP contribution in [-0.4, -0.2) is 28.2 Å². The van der Waals surface area contributed by atoms with E-state index in [0.717, 1.165) is 49.0 Å². The summed E-state index contributed by atoms with van der Waals surface area (Å²) in [5.74, 6) is 0.933. The van der Waals surface area contributed by atoms with E-state index in [1.807, 2.05) is 6.20 Å². The van der Waals surface area contributed by atoms with Crippen LogP contribution in [0, 0.1) is 0 Å². The number of hydrogen-bond acceptors (Lipinski definition) is 5. The van der Waals surface area contributed by atoms with Crippen molar-refractivity contribution in [2.24, 2.45) is 7.05 Å². The van der Waals surface area contributed by atoms with Crippen molar-refractivity contribution in [3.8, 4) is 17.0 Å². The first-order valence-electron chi connectivity index (χ1n) is 8.45. The van der Waals surface area contributed by atoms with Crippen molar-refractivity contribution in [1.29, 1.82) is 0 Å². The molecule has 0 aliphatic rings. The number of aryl methyl sites for hydroxylation is 2. The van der Waals surface area contributed by atoms with E-state index in [9.17, 15) is 4.79 Å². The van der Waals surface area contributed by atoms with Gasteiger partial charge in [0.2, 0.25) is 5.95 Å². The van der Waals surface area contributed by atoms with E-state index in [4.69, 9.17) is 4.74 Å². The Morgan fingerprint density at radius 1 is 1.29 bits per heavy atom. The van der Waals surface area contributed by atoms with Crippen molar-refractivity contribution in [3.05, 3.63) is 34.4 Å². The fourth-order valence-electron chi connectivity index (χ4n) is 2.53. The van der Waals surface area contributed by atoms with Gasteiger partial charge in [0.1, 0.15) is 0 Å². The van der Waals surface area contributed by atoms with Gasteiger partial charge in [0.15, 0.2) is 5.75 Å². The van der Waals surface area contributed by atoms with Crippen LogP contribution in [0.4, 0.5) is 5.95 Å². The molecule has 0 aliphatic carbocycles. The molecule has 2 heterocycles. The number of rotatable bonds is 8. The molecule has 2 aromatic heterocycles. The first-order chi connectivity index (χ1) is 11.6. The predicted molar refractivity (Wildman–Crippen MR) is 96.7 cm³/mol. The van der Waals surface area contributed by atoms with Gasteiger partial charge < -0.3 is 14.6 Å². The number of ether oxygens (including phenoxy) is 1. The molecule has 1 N–H and O–H groups in total. The highest BCUT2D eigenvalue weighted by Gasteiger charge is 2.13. The molecule has 0 saturated carbocycles. The smallest absolute Gasteiger partial charge is 0.292 e. The van der Waals surface area contributed by atoms with Crippen LogP contribution in [0.3, 0.4) is 0 Å². The Morgan fingerprint density at radius 2 is 2.08 bits per heavy atom. The van der Waals surface area contributed by atoms with E-state index in [1.54, 1.807) is 19.3 Å². The van der Waals surface area contributed by atoms with Gasteiger partial charge in [0, 0.05) is 31.5 Å². The maximum Gasteiger partial charge on any atom is 0.292 e. The molecule has 0 aromatic carbocycles. The molecule has 0 bridgehead atoms. The second-order valence-corrected chi connectivity index (χ2v) is 5.81. The summed E-state index contributed by atoms with van der Waals surface area (Å²) in [5.41, 5.74) is 2.62. The zero-order valence-electron chi connectivity index (χ0n) is 14.9. The van der Waals surface area contributed by atoms with E-state index in [-0.39, 0.29) is 5.56 Å². The predicted octanol–water partition coefficient (Wildman–Crippen LogP) is 3.02. The first kappa shape index (κ1) is 18.0. The Balaban J connectivity index is 2.47. The number of unbranched alkanes of at least 4 members (excludes halogenated alkanes) is 1. The van der Waals surface area contributed by atoms with Gasteiger partial charge in [-0.3, -0.25) is 4.79 Å². The van der Waals surface area contributed by atoms with Crippen molar-refractivity contribution in [3.63, 3.8) is 0 Å². The summed E-state index contributed by atoms with van der Waals surface area (Å²) in [6.45, 7) is 5.12. The topological polar surface area (TPSA) is 69.0 Å². The summed E-state index contributed by atoms with van der Waals surface area (Å²) in [5, 5.41) is 3.26. The lowest BCUT2D eigenvalue weighted by molar-refractivity contribution is 0.405. The molecule has 0 spiro atoms. The highest BCUT2D eigenvalue weighted by Crippen LogP contribution is 2.25. The first-order valence-corrected chi connectivity index (χ1v) is 8.45. The average Bonchev–Trinajstić information content (AvgIpc) is 2.59. The molecule has 6 heteroatoms. The van der Waals surface area contributed by atoms with Crippen LogP contribution in [0.5, 0.6) is 5.75 Å². The number of nitrogens with one attached hydrogen (secondary N) is 1. The van der Waals surface area contributed by atoms with Crippen molar-refractivity contribution in [2.75, 3.05) is 19.0 Å². The monoisotopic (exact) mass is 330 g/mol. The number of methoxy groups -OCH3 is 1. The molecule has 0 aliphatic heterocycles. The van der Waals surface area contributed by atoms with E-state index in [0.29, 0.717) is 11.7 Å². The Hall–Kier alpha value is -2.37. The van der Waals surface area contributed by atoms with E-state index < -0.39 is 0 Å². The number of nitrogens with zero attached hydrogens (tertiary/aromatic N) is 3. The Morgan fingerprint density at radius 3 is 2.75 bits per heavy atom. The van der Waals surface area contributed by atoms with Gasteiger partial charge in [0.05, 0.1) is 12.8 Å². The molecule has 0 atom stereocenters. The minimum absolute atomic E-state index is 0.159. The molecule has 0 fully saturated rings. The van der Waals surface area contributed by atoms with Crippen LogP contribution in [0.25, 0.3) is 11.3 Å². The zero-order chi connectivity index (χ0) is 17.5. The maximum atomic E-state index is 12.0. The Labute approximate surface area is 142 Å². The fraction of sp³-hybridized carbons (Fsp3) is 0.500. The van der Waals surface area contributed by atoms with E-state index in [2.05, 4.69) is 29.1 Å². The summed E-state index contributed by atoms with van der Waals surface area (Å²) < 4.78 is 6.73. The summed E-state index contributed by atoms with van der Waals surface area (Å²) >= 11 is 0. The third-order valence-electron chi connectivity index (χ3n) is 3.84. The molecule has 6 nitrogen and oxygen atoms in total. The van der Waals surface area contributed by atoms with Gasteiger partial charge in [-0.1, -0.05) is 26.7 Å². The average molecular weight is 330 g/mol. The minimum atomic E-state index is -0.159. The van der Waals surface area contributed by atoms with Gasteiger partial charge >= 0.3 is 0 Å². The lowest BCUT2D eigenvalue weighted by Gasteiger charge is -2.13. The Kier molecular flexibility index (Phi) is 6.35. The molecule has 0 radical (unpaired) electrons. The lowest BCUT2D eigenvalue weighted by Crippen LogP contribution is -2.18. The quantitative estimate of drug-likeness (QED) is 0.754. The molecule has 0 amide bonds. The molecule has 130 valence electrons. The summed E-state index contributed by atoms with van der Waals surface area (Å²) in [6, 6.07) is 1.75. The molecule has 24 heavy (non-hydrogen) atoms. The highest BCUT2D eigenvalue weighted by molar-refractivity contribution is 5.64. The van der Waals surface area contributed by atoms with Crippen molar-refractivity contribution < 1.29 is 4.74 Å². The largest absolute Gasteiger partial charge is 0.491 e.